The molecule has 1 N–H and O–H groups in total. The van der Waals surface area contributed by atoms with Crippen LogP contribution in [-0.2, 0) is 4.74 Å². The van der Waals surface area contributed by atoms with Crippen LogP contribution in [0.1, 0.15) is 26.2 Å². The molecule has 1 rings (SSSR count). The lowest BCUT2D eigenvalue weighted by atomic mass is 10.3. The second-order valence-electron chi connectivity index (χ2n) is 3.87. The minimum atomic E-state index is -0.595. The van der Waals surface area contributed by atoms with E-state index in [1.54, 1.807) is 0 Å². The van der Waals surface area contributed by atoms with Crippen LogP contribution in [0, 0.1) is 10.1 Å². The Hall–Kier alpha value is -1.47. The summed E-state index contributed by atoms with van der Waals surface area (Å²) in [7, 11) is 0. The molecular formula is C11H17ClN4O3. The number of aromatic nitrogens is 2. The smallest absolute Gasteiger partial charge is 0.348 e. The average molecular weight is 289 g/mol. The van der Waals surface area contributed by atoms with E-state index in [-0.39, 0.29) is 16.7 Å². The Balaban J connectivity index is 2.37. The molecule has 0 spiro atoms. The molecule has 0 aromatic carbocycles. The van der Waals surface area contributed by atoms with E-state index < -0.39 is 4.92 Å². The van der Waals surface area contributed by atoms with E-state index in [0.717, 1.165) is 25.9 Å². The predicted molar refractivity (Wildman–Crippen MR) is 72.5 cm³/mol. The summed E-state index contributed by atoms with van der Waals surface area (Å²) in [5, 5.41) is 13.5. The number of rotatable bonds is 9. The lowest BCUT2D eigenvalue weighted by Crippen LogP contribution is -2.09. The van der Waals surface area contributed by atoms with Crippen molar-refractivity contribution in [1.82, 2.24) is 9.97 Å². The van der Waals surface area contributed by atoms with Gasteiger partial charge in [0.1, 0.15) is 6.33 Å². The van der Waals surface area contributed by atoms with Crippen LogP contribution < -0.4 is 5.32 Å². The van der Waals surface area contributed by atoms with E-state index in [1.165, 1.54) is 6.33 Å². The van der Waals surface area contributed by atoms with Crippen molar-refractivity contribution in [3.63, 3.8) is 0 Å². The zero-order valence-corrected chi connectivity index (χ0v) is 11.5. The molecule has 1 heterocycles. The zero-order chi connectivity index (χ0) is 14.1. The molecule has 0 unspecified atom stereocenters. The Kier molecular flexibility index (Phi) is 7.06. The second-order valence-corrected chi connectivity index (χ2v) is 4.22. The van der Waals surface area contributed by atoms with Crippen molar-refractivity contribution in [2.45, 2.75) is 26.2 Å². The zero-order valence-electron chi connectivity index (χ0n) is 10.8. The van der Waals surface area contributed by atoms with Gasteiger partial charge >= 0.3 is 5.69 Å². The summed E-state index contributed by atoms with van der Waals surface area (Å²) in [5.74, 6) is 0.138. The van der Waals surface area contributed by atoms with Crippen LogP contribution in [0.5, 0.6) is 0 Å². The third kappa shape index (κ3) is 5.35. The van der Waals surface area contributed by atoms with Gasteiger partial charge in [-0.3, -0.25) is 10.1 Å². The van der Waals surface area contributed by atoms with Crippen molar-refractivity contribution in [1.29, 1.82) is 0 Å². The summed E-state index contributed by atoms with van der Waals surface area (Å²) in [4.78, 5) is 17.6. The van der Waals surface area contributed by atoms with Crippen molar-refractivity contribution >= 4 is 23.1 Å². The highest BCUT2D eigenvalue weighted by molar-refractivity contribution is 6.31. The number of nitrogens with zero attached hydrogens (tertiary/aromatic N) is 3. The van der Waals surface area contributed by atoms with Gasteiger partial charge < -0.3 is 10.1 Å². The summed E-state index contributed by atoms with van der Waals surface area (Å²) in [6.07, 6.45) is 4.07. The molecule has 19 heavy (non-hydrogen) atoms. The van der Waals surface area contributed by atoms with Gasteiger partial charge in [0.2, 0.25) is 11.0 Å². The van der Waals surface area contributed by atoms with E-state index in [1.807, 2.05) is 0 Å². The molecule has 7 nitrogen and oxygen atoms in total. The Morgan fingerprint density at radius 3 is 2.84 bits per heavy atom. The highest BCUT2D eigenvalue weighted by atomic mass is 35.5. The lowest BCUT2D eigenvalue weighted by Gasteiger charge is -2.06. The van der Waals surface area contributed by atoms with Crippen molar-refractivity contribution in [3.8, 4) is 0 Å². The molecule has 0 saturated carbocycles. The minimum absolute atomic E-state index is 0.138. The molecule has 0 bridgehead atoms. The SMILES string of the molecule is CCCCOCCCNc1ncnc(Cl)c1[N+](=O)[O-]. The van der Waals surface area contributed by atoms with Gasteiger partial charge in [-0.25, -0.2) is 9.97 Å². The van der Waals surface area contributed by atoms with Gasteiger partial charge in [0.25, 0.3) is 0 Å². The largest absolute Gasteiger partial charge is 0.381 e. The van der Waals surface area contributed by atoms with E-state index in [2.05, 4.69) is 22.2 Å². The number of halogens is 1. The minimum Gasteiger partial charge on any atom is -0.381 e. The summed E-state index contributed by atoms with van der Waals surface area (Å²) in [5.41, 5.74) is -0.295. The first kappa shape index (κ1) is 15.6. The van der Waals surface area contributed by atoms with E-state index in [9.17, 15) is 10.1 Å². The normalized spacial score (nSPS) is 10.4. The van der Waals surface area contributed by atoms with Gasteiger partial charge in [-0.05, 0) is 12.8 Å². The predicted octanol–water partition coefficient (Wildman–Crippen LogP) is 2.66. The first-order chi connectivity index (χ1) is 9.16. The van der Waals surface area contributed by atoms with E-state index >= 15 is 0 Å². The number of nitrogens with one attached hydrogen (secondary N) is 1. The number of ether oxygens (including phenoxy) is 1. The molecule has 106 valence electrons. The Labute approximate surface area is 116 Å². The van der Waals surface area contributed by atoms with Gasteiger partial charge in [-0.1, -0.05) is 24.9 Å². The van der Waals surface area contributed by atoms with Crippen molar-refractivity contribution < 1.29 is 9.66 Å². The highest BCUT2D eigenvalue weighted by Gasteiger charge is 2.20. The van der Waals surface area contributed by atoms with Gasteiger partial charge in [0.05, 0.1) is 4.92 Å². The fourth-order valence-corrected chi connectivity index (χ4v) is 1.58. The van der Waals surface area contributed by atoms with Crippen LogP contribution in [0.2, 0.25) is 5.15 Å². The second kappa shape index (κ2) is 8.60. The van der Waals surface area contributed by atoms with Crippen LogP contribution in [-0.4, -0.2) is 34.6 Å². The molecular weight excluding hydrogens is 272 g/mol. The molecule has 8 heteroatoms. The van der Waals surface area contributed by atoms with Crippen molar-refractivity contribution in [2.24, 2.45) is 0 Å². The molecule has 0 atom stereocenters. The monoisotopic (exact) mass is 288 g/mol. The maximum Gasteiger partial charge on any atom is 0.348 e. The Bertz CT molecular complexity index is 417. The number of hydrogen-bond acceptors (Lipinski definition) is 6. The lowest BCUT2D eigenvalue weighted by molar-refractivity contribution is -0.384. The van der Waals surface area contributed by atoms with Crippen molar-refractivity contribution in [2.75, 3.05) is 25.1 Å². The Morgan fingerprint density at radius 1 is 1.42 bits per heavy atom. The average Bonchev–Trinajstić information content (AvgIpc) is 2.37. The fourth-order valence-electron chi connectivity index (χ4n) is 1.38. The summed E-state index contributed by atoms with van der Waals surface area (Å²) in [6.45, 7) is 3.98. The first-order valence-corrected chi connectivity index (χ1v) is 6.51. The van der Waals surface area contributed by atoms with Crippen LogP contribution in [0.25, 0.3) is 0 Å². The molecule has 0 saturated heterocycles. The molecule has 0 aliphatic rings. The molecule has 0 fully saturated rings. The number of nitro groups is 1. The fraction of sp³-hybridized carbons (Fsp3) is 0.636. The summed E-state index contributed by atoms with van der Waals surface area (Å²) < 4.78 is 5.38. The molecule has 1 aromatic heterocycles. The number of unbranched alkanes of at least 4 members (excludes halogenated alkanes) is 1. The maximum atomic E-state index is 10.8. The van der Waals surface area contributed by atoms with E-state index in [0.29, 0.717) is 13.2 Å². The quantitative estimate of drug-likeness (QED) is 0.325. The van der Waals surface area contributed by atoms with Crippen molar-refractivity contribution in [3.05, 3.63) is 21.6 Å². The van der Waals surface area contributed by atoms with Gasteiger partial charge in [0.15, 0.2) is 0 Å². The number of hydrogen-bond donors (Lipinski definition) is 1. The summed E-state index contributed by atoms with van der Waals surface area (Å²) >= 11 is 5.66. The third-order valence-corrected chi connectivity index (χ3v) is 2.64. The molecule has 0 amide bonds. The van der Waals surface area contributed by atoms with Gasteiger partial charge in [0, 0.05) is 19.8 Å². The van der Waals surface area contributed by atoms with Crippen LogP contribution in [0.4, 0.5) is 11.5 Å². The summed E-state index contributed by atoms with van der Waals surface area (Å²) in [6, 6.07) is 0. The topological polar surface area (TPSA) is 90.2 Å². The first-order valence-electron chi connectivity index (χ1n) is 6.13. The molecule has 0 aliphatic heterocycles. The maximum absolute atomic E-state index is 10.8. The standard InChI is InChI=1S/C11H17ClN4O3/c1-2-3-6-19-7-4-5-13-11-9(16(17)18)10(12)14-8-15-11/h8H,2-7H2,1H3,(H,13,14,15). The van der Waals surface area contributed by atoms with Crippen LogP contribution >= 0.6 is 11.6 Å². The van der Waals surface area contributed by atoms with Gasteiger partial charge in [-0.2, -0.15) is 0 Å². The molecule has 1 aromatic rings. The molecule has 0 aliphatic carbocycles. The van der Waals surface area contributed by atoms with Crippen LogP contribution in [0.15, 0.2) is 6.33 Å². The van der Waals surface area contributed by atoms with Gasteiger partial charge in [-0.15, -0.1) is 0 Å². The highest BCUT2D eigenvalue weighted by Crippen LogP contribution is 2.27. The third-order valence-electron chi connectivity index (χ3n) is 2.36. The van der Waals surface area contributed by atoms with Crippen LogP contribution in [0.3, 0.4) is 0 Å². The molecule has 0 radical (unpaired) electrons. The number of anilines is 1. The van der Waals surface area contributed by atoms with E-state index in [4.69, 9.17) is 16.3 Å². The Morgan fingerprint density at radius 2 is 2.16 bits per heavy atom.